The molecule has 0 aromatic heterocycles. The van der Waals surface area contributed by atoms with Gasteiger partial charge < -0.3 is 0 Å². The van der Waals surface area contributed by atoms with Crippen LogP contribution in [0.15, 0.2) is 12.7 Å². The van der Waals surface area contributed by atoms with E-state index in [2.05, 4.69) is 31.1 Å². The SMILES string of the molecule is C=CC#[C][Al]([CH2]C)[CH2]C. The molecule has 0 radical (unpaired) electrons. The van der Waals surface area contributed by atoms with Gasteiger partial charge in [0.1, 0.15) is 0 Å². The Morgan fingerprint density at radius 1 is 1.44 bits per heavy atom. The predicted molar refractivity (Wildman–Crippen MR) is 44.7 cm³/mol. The fraction of sp³-hybridized carbons (Fsp3) is 0.500. The molecule has 0 aliphatic carbocycles. The molecule has 0 nitrogen and oxygen atoms in total. The standard InChI is InChI=1S/C4H3.2C2H5.Al/c1-3-4-2;2*1-2;/h3H,1H2;2*1H2,2H3;. The first-order valence-electron chi connectivity index (χ1n) is 3.47. The maximum Gasteiger partial charge on any atom is 0.376 e. The summed E-state index contributed by atoms with van der Waals surface area (Å²) in [4.78, 5) is 3.24. The molecule has 0 spiro atoms. The van der Waals surface area contributed by atoms with Crippen molar-refractivity contribution in [3.63, 3.8) is 0 Å². The van der Waals surface area contributed by atoms with Crippen LogP contribution in [0, 0.1) is 10.7 Å². The lowest BCUT2D eigenvalue weighted by Gasteiger charge is -1.90. The van der Waals surface area contributed by atoms with Crippen molar-refractivity contribution in [1.82, 2.24) is 0 Å². The minimum absolute atomic E-state index is 0.642. The van der Waals surface area contributed by atoms with Crippen LogP contribution in [0.4, 0.5) is 0 Å². The van der Waals surface area contributed by atoms with E-state index in [1.165, 1.54) is 10.6 Å². The zero-order valence-electron chi connectivity index (χ0n) is 6.28. The first-order valence-corrected chi connectivity index (χ1v) is 5.68. The molecule has 0 bridgehead atoms. The summed E-state index contributed by atoms with van der Waals surface area (Å²) in [6.45, 7) is 7.99. The summed E-state index contributed by atoms with van der Waals surface area (Å²) >= 11 is -0.642. The Bertz CT molecular complexity index is 123. The van der Waals surface area contributed by atoms with Crippen molar-refractivity contribution in [3.8, 4) is 10.7 Å². The Labute approximate surface area is 62.4 Å². The van der Waals surface area contributed by atoms with Crippen molar-refractivity contribution < 1.29 is 0 Å². The molecular formula is C8H13Al. The highest BCUT2D eigenvalue weighted by Gasteiger charge is 2.06. The van der Waals surface area contributed by atoms with Crippen molar-refractivity contribution in [2.24, 2.45) is 0 Å². The molecular weight excluding hydrogens is 123 g/mol. The highest BCUT2D eigenvalue weighted by Crippen LogP contribution is 1.94. The second-order valence-electron chi connectivity index (χ2n) is 2.01. The fourth-order valence-electron chi connectivity index (χ4n) is 0.670. The molecule has 0 aliphatic heterocycles. The lowest BCUT2D eigenvalue weighted by Crippen LogP contribution is -2.04. The van der Waals surface area contributed by atoms with Gasteiger partial charge in [0, 0.05) is 0 Å². The van der Waals surface area contributed by atoms with E-state index in [1.54, 1.807) is 6.08 Å². The quantitative estimate of drug-likeness (QED) is 0.403. The van der Waals surface area contributed by atoms with Crippen LogP contribution in [0.25, 0.3) is 0 Å². The summed E-state index contributed by atoms with van der Waals surface area (Å²) in [5, 5.41) is 2.58. The van der Waals surface area contributed by atoms with Crippen molar-refractivity contribution in [2.45, 2.75) is 24.4 Å². The third-order valence-corrected chi connectivity index (χ3v) is 3.92. The molecule has 0 heterocycles. The monoisotopic (exact) mass is 136 g/mol. The van der Waals surface area contributed by atoms with Gasteiger partial charge in [-0.2, -0.15) is 0 Å². The molecule has 9 heavy (non-hydrogen) atoms. The molecule has 0 aliphatic rings. The van der Waals surface area contributed by atoms with Crippen LogP contribution in [0.5, 0.6) is 0 Å². The van der Waals surface area contributed by atoms with Gasteiger partial charge in [-0.1, -0.05) is 36.9 Å². The van der Waals surface area contributed by atoms with Gasteiger partial charge in [-0.15, -0.1) is 0 Å². The average molecular weight is 136 g/mol. The average Bonchev–Trinajstić information content (AvgIpc) is 1.91. The zero-order chi connectivity index (χ0) is 7.11. The topological polar surface area (TPSA) is 0 Å². The molecule has 48 valence electrons. The summed E-state index contributed by atoms with van der Waals surface area (Å²) in [6.07, 6.45) is 1.69. The van der Waals surface area contributed by atoms with Crippen LogP contribution >= 0.6 is 0 Å². The number of hydrogen-bond donors (Lipinski definition) is 0. The molecule has 0 atom stereocenters. The molecule has 0 fully saturated rings. The summed E-state index contributed by atoms with van der Waals surface area (Å²) < 4.78 is 0. The number of rotatable bonds is 2. The van der Waals surface area contributed by atoms with E-state index in [0.717, 1.165) is 0 Å². The first-order chi connectivity index (χ1) is 4.35. The highest BCUT2D eigenvalue weighted by atomic mass is 27.2. The van der Waals surface area contributed by atoms with E-state index in [0.29, 0.717) is 0 Å². The van der Waals surface area contributed by atoms with Crippen molar-refractivity contribution in [3.05, 3.63) is 12.7 Å². The lowest BCUT2D eigenvalue weighted by molar-refractivity contribution is 1.34. The maximum absolute atomic E-state index is 3.55. The van der Waals surface area contributed by atoms with Crippen molar-refractivity contribution >= 4 is 14.1 Å². The molecule has 1 heteroatoms. The second-order valence-corrected chi connectivity index (χ2v) is 5.32. The van der Waals surface area contributed by atoms with Crippen LogP contribution in [0.2, 0.25) is 10.6 Å². The Morgan fingerprint density at radius 2 is 2.00 bits per heavy atom. The van der Waals surface area contributed by atoms with Crippen LogP contribution in [0.1, 0.15) is 13.8 Å². The normalized spacial score (nSPS) is 7.33. The molecule has 0 N–H and O–H groups in total. The van der Waals surface area contributed by atoms with Gasteiger partial charge in [0.05, 0.1) is 0 Å². The molecule has 0 aromatic rings. The van der Waals surface area contributed by atoms with Crippen molar-refractivity contribution in [1.29, 1.82) is 0 Å². The van der Waals surface area contributed by atoms with Gasteiger partial charge in [-0.3, -0.25) is 0 Å². The van der Waals surface area contributed by atoms with E-state index in [1.807, 2.05) is 0 Å². The van der Waals surface area contributed by atoms with Gasteiger partial charge in [-0.05, 0) is 6.08 Å². The van der Waals surface area contributed by atoms with Gasteiger partial charge in [-0.25, -0.2) is 4.78 Å². The maximum atomic E-state index is 3.55. The third kappa shape index (κ3) is 4.34. The largest absolute Gasteiger partial charge is 0.376 e. The van der Waals surface area contributed by atoms with Gasteiger partial charge in [0.25, 0.3) is 0 Å². The van der Waals surface area contributed by atoms with Gasteiger partial charge in [0.15, 0.2) is 0 Å². The molecule has 0 rings (SSSR count). The summed E-state index contributed by atoms with van der Waals surface area (Å²) in [5.41, 5.74) is 0. The Hall–Kier alpha value is -0.168. The molecule has 0 unspecified atom stereocenters. The minimum Gasteiger partial charge on any atom is -0.200 e. The van der Waals surface area contributed by atoms with E-state index in [9.17, 15) is 0 Å². The summed E-state index contributed by atoms with van der Waals surface area (Å²) in [7, 11) is 0. The van der Waals surface area contributed by atoms with Crippen LogP contribution in [0.3, 0.4) is 0 Å². The third-order valence-electron chi connectivity index (χ3n) is 1.38. The molecule has 0 aromatic carbocycles. The lowest BCUT2D eigenvalue weighted by atomic mass is 10.7. The predicted octanol–water partition coefficient (Wildman–Crippen LogP) is 2.25. The first kappa shape index (κ1) is 8.83. The van der Waals surface area contributed by atoms with E-state index in [4.69, 9.17) is 0 Å². The zero-order valence-corrected chi connectivity index (χ0v) is 7.43. The highest BCUT2D eigenvalue weighted by molar-refractivity contribution is 6.67. The smallest absolute Gasteiger partial charge is 0.200 e. The van der Waals surface area contributed by atoms with Crippen LogP contribution in [-0.4, -0.2) is 14.1 Å². The van der Waals surface area contributed by atoms with E-state index < -0.39 is 14.1 Å². The second kappa shape index (κ2) is 5.96. The molecule has 0 saturated heterocycles. The van der Waals surface area contributed by atoms with Crippen LogP contribution in [-0.2, 0) is 0 Å². The van der Waals surface area contributed by atoms with E-state index >= 15 is 0 Å². The minimum atomic E-state index is -0.642. The fourth-order valence-corrected chi connectivity index (χ4v) is 2.01. The Kier molecular flexibility index (Phi) is 5.85. The Morgan fingerprint density at radius 3 is 2.33 bits per heavy atom. The molecule has 0 amide bonds. The summed E-state index contributed by atoms with van der Waals surface area (Å²) in [5.74, 6) is 2.93. The summed E-state index contributed by atoms with van der Waals surface area (Å²) in [6, 6.07) is 0. The van der Waals surface area contributed by atoms with Crippen LogP contribution < -0.4 is 0 Å². The van der Waals surface area contributed by atoms with Crippen molar-refractivity contribution in [2.75, 3.05) is 0 Å². The number of hydrogen-bond acceptors (Lipinski definition) is 0. The van der Waals surface area contributed by atoms with Gasteiger partial charge in [0.2, 0.25) is 0 Å². The van der Waals surface area contributed by atoms with E-state index in [-0.39, 0.29) is 0 Å². The number of allylic oxidation sites excluding steroid dienone is 1. The molecule has 0 saturated carbocycles. The van der Waals surface area contributed by atoms with Gasteiger partial charge >= 0.3 is 14.1 Å². The Balaban J connectivity index is 3.66.